The van der Waals surface area contributed by atoms with Gasteiger partial charge in [-0.3, -0.25) is 4.57 Å². The van der Waals surface area contributed by atoms with Crippen molar-refractivity contribution in [1.29, 1.82) is 0 Å². The molecular weight excluding hydrogens is 579 g/mol. The molecule has 3 aromatic rings. The number of carbonyl (C=O) groups excluding carboxylic acids is 1. The summed E-state index contributed by atoms with van der Waals surface area (Å²) in [5.41, 5.74) is 9.11. The van der Waals surface area contributed by atoms with Crippen LogP contribution >= 0.6 is 0 Å². The number of carbonyl (C=O) groups is 1. The third-order valence-corrected chi connectivity index (χ3v) is 8.84. The first-order chi connectivity index (χ1) is 22.1. The zero-order valence-electron chi connectivity index (χ0n) is 28.7. The number of nitrogens with one attached hydrogen (secondary N) is 1. The van der Waals surface area contributed by atoms with Gasteiger partial charge < -0.3 is 20.5 Å². The molecule has 2 aromatic carbocycles. The van der Waals surface area contributed by atoms with Gasteiger partial charge in [-0.25, -0.2) is 9.18 Å². The minimum absolute atomic E-state index is 0.245. The summed E-state index contributed by atoms with van der Waals surface area (Å²) in [7, 11) is 0. The Bertz CT molecular complexity index is 1390. The molecule has 5 rings (SSSR count). The molecule has 0 aliphatic heterocycles. The van der Waals surface area contributed by atoms with E-state index in [0.717, 1.165) is 23.5 Å². The molecule has 0 atom stereocenters. The van der Waals surface area contributed by atoms with E-state index in [9.17, 15) is 4.79 Å². The number of aromatic nitrogens is 2. The van der Waals surface area contributed by atoms with Gasteiger partial charge in [0.2, 0.25) is 0 Å². The first-order valence-electron chi connectivity index (χ1n) is 17.4. The lowest BCUT2D eigenvalue weighted by atomic mass is 9.91. The quantitative estimate of drug-likeness (QED) is 0.218. The maximum atomic E-state index is 15.2. The number of halogens is 1. The first-order valence-corrected chi connectivity index (χ1v) is 17.4. The monoisotopic (exact) mass is 634 g/mol. The van der Waals surface area contributed by atoms with E-state index in [4.69, 9.17) is 15.2 Å². The SMILES string of the molecule is C1CCC(NC2CCCCC2)CC1.CCOc1nc(CC)c(CN)n1Cc1ccc(-c2ccccc2C(=O)OC(C)(C)C)cc1F. The van der Waals surface area contributed by atoms with Crippen molar-refractivity contribution in [3.8, 4) is 17.1 Å². The average Bonchev–Trinajstić information content (AvgIpc) is 3.38. The van der Waals surface area contributed by atoms with Gasteiger partial charge in [-0.2, -0.15) is 4.98 Å². The van der Waals surface area contributed by atoms with Crippen molar-refractivity contribution >= 4 is 5.97 Å². The van der Waals surface area contributed by atoms with Gasteiger partial charge in [-0.1, -0.05) is 75.8 Å². The van der Waals surface area contributed by atoms with E-state index in [0.29, 0.717) is 41.3 Å². The summed E-state index contributed by atoms with van der Waals surface area (Å²) in [6.07, 6.45) is 15.3. The highest BCUT2D eigenvalue weighted by Crippen LogP contribution is 2.29. The van der Waals surface area contributed by atoms with E-state index >= 15 is 4.39 Å². The van der Waals surface area contributed by atoms with Gasteiger partial charge in [0, 0.05) is 24.2 Å². The number of hydrogen-bond acceptors (Lipinski definition) is 6. The molecule has 2 fully saturated rings. The van der Waals surface area contributed by atoms with Crippen molar-refractivity contribution in [2.45, 2.75) is 136 Å². The normalized spacial score (nSPS) is 16.1. The van der Waals surface area contributed by atoms with Gasteiger partial charge in [0.1, 0.15) is 11.4 Å². The number of nitrogens with zero attached hydrogens (tertiary/aromatic N) is 2. The van der Waals surface area contributed by atoms with Gasteiger partial charge in [0.05, 0.1) is 30.1 Å². The Morgan fingerprint density at radius 1 is 0.978 bits per heavy atom. The van der Waals surface area contributed by atoms with Crippen LogP contribution in [0, 0.1) is 5.82 Å². The zero-order valence-corrected chi connectivity index (χ0v) is 28.7. The number of imidazole rings is 1. The summed E-state index contributed by atoms with van der Waals surface area (Å²) in [5, 5.41) is 3.86. The second-order valence-electron chi connectivity index (χ2n) is 13.6. The maximum Gasteiger partial charge on any atom is 0.339 e. The third kappa shape index (κ3) is 9.88. The Labute approximate surface area is 275 Å². The number of hydrogen-bond donors (Lipinski definition) is 2. The second-order valence-corrected chi connectivity index (χ2v) is 13.6. The summed E-state index contributed by atoms with van der Waals surface area (Å²) in [5.74, 6) is -0.828. The second kappa shape index (κ2) is 17.1. The first kappa shape index (κ1) is 35.6. The van der Waals surface area contributed by atoms with Crippen LogP contribution in [0.15, 0.2) is 42.5 Å². The lowest BCUT2D eigenvalue weighted by Gasteiger charge is -2.30. The molecule has 0 radical (unpaired) electrons. The van der Waals surface area contributed by atoms with Crippen molar-refractivity contribution in [1.82, 2.24) is 14.9 Å². The molecule has 46 heavy (non-hydrogen) atoms. The minimum Gasteiger partial charge on any atom is -0.465 e. The summed E-state index contributed by atoms with van der Waals surface area (Å²) >= 11 is 0. The van der Waals surface area contributed by atoms with Crippen LogP contribution < -0.4 is 15.8 Å². The Kier molecular flexibility index (Phi) is 13.2. The van der Waals surface area contributed by atoms with E-state index in [-0.39, 0.29) is 18.9 Å². The van der Waals surface area contributed by atoms with Gasteiger partial charge in [0.15, 0.2) is 0 Å². The number of nitrogens with two attached hydrogens (primary N) is 1. The molecule has 0 unspecified atom stereocenters. The molecular formula is C38H55FN4O3. The summed E-state index contributed by atoms with van der Waals surface area (Å²) in [6, 6.07) is 14.2. The highest BCUT2D eigenvalue weighted by Gasteiger charge is 2.22. The van der Waals surface area contributed by atoms with Crippen molar-refractivity contribution in [3.05, 3.63) is 70.8 Å². The fourth-order valence-corrected chi connectivity index (χ4v) is 6.56. The van der Waals surface area contributed by atoms with Gasteiger partial charge >= 0.3 is 5.97 Å². The van der Waals surface area contributed by atoms with Crippen LogP contribution in [-0.2, 0) is 24.2 Å². The Morgan fingerprint density at radius 3 is 2.15 bits per heavy atom. The predicted octanol–water partition coefficient (Wildman–Crippen LogP) is 8.35. The number of ether oxygens (including phenoxy) is 2. The van der Waals surface area contributed by atoms with Crippen LogP contribution in [0.2, 0.25) is 0 Å². The summed E-state index contributed by atoms with van der Waals surface area (Å²) in [6.45, 7) is 10.3. The Morgan fingerprint density at radius 2 is 1.61 bits per heavy atom. The van der Waals surface area contributed by atoms with E-state index in [2.05, 4.69) is 10.3 Å². The lowest BCUT2D eigenvalue weighted by Crippen LogP contribution is -2.40. The highest BCUT2D eigenvalue weighted by atomic mass is 19.1. The van der Waals surface area contributed by atoms with Crippen LogP contribution in [0.5, 0.6) is 6.01 Å². The van der Waals surface area contributed by atoms with Crippen molar-refractivity contribution in [3.63, 3.8) is 0 Å². The van der Waals surface area contributed by atoms with Crippen LogP contribution in [0.4, 0.5) is 4.39 Å². The van der Waals surface area contributed by atoms with Crippen LogP contribution in [0.3, 0.4) is 0 Å². The van der Waals surface area contributed by atoms with Gasteiger partial charge in [-0.15, -0.1) is 0 Å². The van der Waals surface area contributed by atoms with E-state index in [1.807, 2.05) is 51.3 Å². The third-order valence-electron chi connectivity index (χ3n) is 8.84. The van der Waals surface area contributed by atoms with E-state index in [1.165, 1.54) is 70.3 Å². The maximum absolute atomic E-state index is 15.2. The summed E-state index contributed by atoms with van der Waals surface area (Å²) < 4.78 is 28.3. The minimum atomic E-state index is -0.625. The van der Waals surface area contributed by atoms with Crippen molar-refractivity contribution in [2.75, 3.05) is 6.61 Å². The number of aryl methyl sites for hydroxylation is 1. The number of esters is 1. The topological polar surface area (TPSA) is 91.4 Å². The standard InChI is InChI=1S/C26H32FN3O3.C12H23N/c1-6-22-23(15-28)30(25(29-22)32-7-2)16-18-13-12-17(14-21(18)27)19-10-8-9-11-20(19)24(31)33-26(3,4)5;1-3-7-11(8-4-1)13-12-9-5-2-6-10-12/h8-14H,6-7,15-16,28H2,1-5H3;11-13H,1-10H2. The Balaban J connectivity index is 0.000000305. The molecule has 8 heteroatoms. The molecule has 1 aromatic heterocycles. The van der Waals surface area contributed by atoms with E-state index < -0.39 is 11.6 Å². The fourth-order valence-electron chi connectivity index (χ4n) is 6.56. The number of benzene rings is 2. The lowest BCUT2D eigenvalue weighted by molar-refractivity contribution is 0.00704. The molecule has 2 aliphatic rings. The largest absolute Gasteiger partial charge is 0.465 e. The predicted molar refractivity (Wildman–Crippen MR) is 184 cm³/mol. The molecule has 2 aliphatic carbocycles. The molecule has 252 valence electrons. The molecule has 3 N–H and O–H groups in total. The average molecular weight is 635 g/mol. The highest BCUT2D eigenvalue weighted by molar-refractivity contribution is 5.97. The molecule has 7 nitrogen and oxygen atoms in total. The van der Waals surface area contributed by atoms with Crippen LogP contribution in [0.1, 0.15) is 126 Å². The van der Waals surface area contributed by atoms with E-state index in [1.54, 1.807) is 24.3 Å². The van der Waals surface area contributed by atoms with Gasteiger partial charge in [-0.05, 0) is 83.1 Å². The smallest absolute Gasteiger partial charge is 0.339 e. The molecule has 0 amide bonds. The molecule has 0 saturated heterocycles. The van der Waals surface area contributed by atoms with Gasteiger partial charge in [0.25, 0.3) is 6.01 Å². The molecule has 0 bridgehead atoms. The number of rotatable bonds is 10. The molecule has 2 saturated carbocycles. The zero-order chi connectivity index (χ0) is 33.1. The molecule has 0 spiro atoms. The summed E-state index contributed by atoms with van der Waals surface area (Å²) in [4.78, 5) is 17.2. The Hall–Kier alpha value is -3.23. The fraction of sp³-hybridized carbons (Fsp3) is 0.579. The molecule has 1 heterocycles. The van der Waals surface area contributed by atoms with Crippen molar-refractivity contribution < 1.29 is 18.7 Å². The van der Waals surface area contributed by atoms with Crippen molar-refractivity contribution in [2.24, 2.45) is 5.73 Å². The van der Waals surface area contributed by atoms with Crippen LogP contribution in [-0.4, -0.2) is 39.8 Å². The van der Waals surface area contributed by atoms with Crippen LogP contribution in [0.25, 0.3) is 11.1 Å².